The molecule has 0 aromatic heterocycles. The number of hydrogen-bond donors (Lipinski definition) is 4. The highest BCUT2D eigenvalue weighted by Gasteiger charge is 2.22. The van der Waals surface area contributed by atoms with Crippen molar-refractivity contribution in [1.29, 1.82) is 0 Å². The van der Waals surface area contributed by atoms with Crippen molar-refractivity contribution in [2.24, 2.45) is 0 Å². The molecule has 1 amide bonds. The largest absolute Gasteiger partial charge is 0.394 e. The van der Waals surface area contributed by atoms with Gasteiger partial charge in [-0.1, -0.05) is 280 Å². The second-order valence-electron chi connectivity index (χ2n) is 19.8. The Morgan fingerprint density at radius 3 is 1.02 bits per heavy atom. The van der Waals surface area contributed by atoms with E-state index >= 15 is 0 Å². The Morgan fingerprint density at radius 2 is 0.667 bits per heavy atom. The molecule has 0 aliphatic carbocycles. The number of allylic oxidation sites excluding steroid dienone is 9. The lowest BCUT2D eigenvalue weighted by atomic mass is 10.0. The first-order valence-corrected chi connectivity index (χ1v) is 29.1. The van der Waals surface area contributed by atoms with Crippen molar-refractivity contribution in [2.45, 2.75) is 315 Å². The van der Waals surface area contributed by atoms with Crippen LogP contribution in [0.5, 0.6) is 0 Å². The van der Waals surface area contributed by atoms with Gasteiger partial charge in [-0.15, -0.1) is 0 Å². The van der Waals surface area contributed by atoms with Crippen LogP contribution in [0.25, 0.3) is 0 Å². The van der Waals surface area contributed by atoms with E-state index in [1.165, 1.54) is 225 Å². The molecule has 0 spiro atoms. The summed E-state index contributed by atoms with van der Waals surface area (Å²) in [6, 6.07) is -0.824. The van der Waals surface area contributed by atoms with E-state index in [0.29, 0.717) is 6.42 Å². The number of hydrogen-bond acceptors (Lipinski definition) is 4. The van der Waals surface area contributed by atoms with Crippen molar-refractivity contribution in [3.63, 3.8) is 0 Å². The third kappa shape index (κ3) is 49.9. The first kappa shape index (κ1) is 64.0. The standard InChI is InChI=1S/C61H113NO4/c1-3-5-7-9-11-13-15-17-19-21-23-25-27-28-29-30-31-32-33-34-36-38-40-42-44-46-48-50-52-54-56-60(65)61(66)62-58(57-63)59(64)55-53-51-49-47-45-43-41-39-37-35-26-24-22-20-18-16-14-12-10-8-6-4-2/h23,25,28-29,37,39,45,47,53,55,58-60,63-65H,3-22,24,26-27,30-36,38,40-44,46,48-52,54,56-57H2,1-2H3,(H,62,66)/b25-23-,29-28-,39-37+,47-45+,55-53+. The number of aliphatic hydroxyl groups excluding tert-OH is 3. The van der Waals surface area contributed by atoms with E-state index in [9.17, 15) is 20.1 Å². The van der Waals surface area contributed by atoms with Crippen LogP contribution < -0.4 is 5.32 Å². The lowest BCUT2D eigenvalue weighted by Crippen LogP contribution is -2.48. The number of unbranched alkanes of at least 4 members (excludes halogenated alkanes) is 37. The Labute approximate surface area is 411 Å². The normalized spacial score (nSPS) is 13.7. The van der Waals surface area contributed by atoms with Crippen LogP contribution in [0.3, 0.4) is 0 Å². The van der Waals surface area contributed by atoms with Crippen LogP contribution in [-0.2, 0) is 4.79 Å². The fourth-order valence-electron chi connectivity index (χ4n) is 8.78. The number of carbonyl (C=O) groups is 1. The third-order valence-electron chi connectivity index (χ3n) is 13.3. The third-order valence-corrected chi connectivity index (χ3v) is 13.3. The van der Waals surface area contributed by atoms with Crippen LogP contribution in [0.1, 0.15) is 296 Å². The van der Waals surface area contributed by atoms with Crippen molar-refractivity contribution >= 4 is 5.91 Å². The number of nitrogens with one attached hydrogen (secondary N) is 1. The Morgan fingerprint density at radius 1 is 0.379 bits per heavy atom. The minimum atomic E-state index is -1.11. The quantitative estimate of drug-likeness (QED) is 0.0361. The molecule has 3 unspecified atom stereocenters. The summed E-state index contributed by atoms with van der Waals surface area (Å²) in [6.07, 6.45) is 75.9. The topological polar surface area (TPSA) is 89.8 Å². The molecular weight excluding hydrogens is 811 g/mol. The molecule has 0 saturated carbocycles. The van der Waals surface area contributed by atoms with Crippen molar-refractivity contribution in [1.82, 2.24) is 5.32 Å². The Hall–Kier alpha value is -1.95. The maximum Gasteiger partial charge on any atom is 0.249 e. The highest BCUT2D eigenvalue weighted by Crippen LogP contribution is 2.16. The molecule has 5 heteroatoms. The molecule has 0 heterocycles. The molecule has 0 rings (SSSR count). The lowest BCUT2D eigenvalue weighted by Gasteiger charge is -2.21. The molecule has 0 radical (unpaired) electrons. The molecule has 386 valence electrons. The highest BCUT2D eigenvalue weighted by molar-refractivity contribution is 5.80. The maximum absolute atomic E-state index is 12.6. The van der Waals surface area contributed by atoms with Crippen molar-refractivity contribution in [2.75, 3.05) is 6.61 Å². The van der Waals surface area contributed by atoms with Gasteiger partial charge in [0.2, 0.25) is 5.91 Å². The molecule has 0 aliphatic rings. The molecule has 0 bridgehead atoms. The maximum atomic E-state index is 12.6. The molecule has 3 atom stereocenters. The molecule has 0 aromatic carbocycles. The van der Waals surface area contributed by atoms with Crippen molar-refractivity contribution in [3.8, 4) is 0 Å². The van der Waals surface area contributed by atoms with Crippen LogP contribution in [0.15, 0.2) is 60.8 Å². The number of aliphatic hydroxyl groups is 3. The summed E-state index contributed by atoms with van der Waals surface area (Å²) < 4.78 is 0. The molecule has 66 heavy (non-hydrogen) atoms. The fraction of sp³-hybridized carbons (Fsp3) is 0.820. The van der Waals surface area contributed by atoms with Crippen LogP contribution in [0, 0.1) is 0 Å². The second kappa shape index (κ2) is 55.6. The molecular formula is C61H113NO4. The van der Waals surface area contributed by atoms with Gasteiger partial charge in [0, 0.05) is 0 Å². The average molecular weight is 925 g/mol. The summed E-state index contributed by atoms with van der Waals surface area (Å²) >= 11 is 0. The zero-order valence-corrected chi connectivity index (χ0v) is 44.1. The Kier molecular flexibility index (Phi) is 54.0. The second-order valence-corrected chi connectivity index (χ2v) is 19.8. The van der Waals surface area contributed by atoms with E-state index in [1.54, 1.807) is 6.08 Å². The molecule has 4 N–H and O–H groups in total. The summed E-state index contributed by atoms with van der Waals surface area (Å²) in [4.78, 5) is 12.6. The van der Waals surface area contributed by atoms with Crippen LogP contribution in [-0.4, -0.2) is 46.1 Å². The zero-order chi connectivity index (χ0) is 47.9. The SMILES string of the molecule is CCCCCCCCCCC/C=C\C/C=C\CCCCCCCCCCCCCCCCC(O)C(=O)NC(CO)C(O)/C=C/CC/C=C/CC/C=C/CCCCCCCCCCCCCC. The van der Waals surface area contributed by atoms with E-state index in [2.05, 4.69) is 67.8 Å². The number of carbonyl (C=O) groups excluding carboxylic acids is 1. The molecule has 0 aliphatic heterocycles. The minimum Gasteiger partial charge on any atom is -0.394 e. The van der Waals surface area contributed by atoms with Gasteiger partial charge < -0.3 is 20.6 Å². The van der Waals surface area contributed by atoms with Gasteiger partial charge in [0.05, 0.1) is 18.8 Å². The predicted octanol–water partition coefficient (Wildman–Crippen LogP) is 18.2. The number of amides is 1. The van der Waals surface area contributed by atoms with E-state index in [4.69, 9.17) is 0 Å². The number of rotatable bonds is 53. The van der Waals surface area contributed by atoms with Gasteiger partial charge in [-0.05, 0) is 77.0 Å². The van der Waals surface area contributed by atoms with E-state index in [0.717, 1.165) is 51.4 Å². The molecule has 0 saturated heterocycles. The van der Waals surface area contributed by atoms with Gasteiger partial charge in [-0.3, -0.25) is 4.79 Å². The summed E-state index contributed by atoms with van der Waals surface area (Å²) in [6.45, 7) is 4.19. The predicted molar refractivity (Wildman–Crippen MR) is 291 cm³/mol. The average Bonchev–Trinajstić information content (AvgIpc) is 3.32. The zero-order valence-electron chi connectivity index (χ0n) is 44.1. The lowest BCUT2D eigenvalue weighted by molar-refractivity contribution is -0.131. The first-order valence-electron chi connectivity index (χ1n) is 29.1. The first-order chi connectivity index (χ1) is 32.6. The molecule has 0 aromatic rings. The van der Waals surface area contributed by atoms with Gasteiger partial charge in [0.1, 0.15) is 6.10 Å². The van der Waals surface area contributed by atoms with E-state index in [-0.39, 0.29) is 6.61 Å². The highest BCUT2D eigenvalue weighted by atomic mass is 16.3. The van der Waals surface area contributed by atoms with E-state index in [1.807, 2.05) is 6.08 Å². The fourth-order valence-corrected chi connectivity index (χ4v) is 8.78. The minimum absolute atomic E-state index is 0.382. The molecule has 0 fully saturated rings. The van der Waals surface area contributed by atoms with Crippen LogP contribution >= 0.6 is 0 Å². The monoisotopic (exact) mass is 924 g/mol. The summed E-state index contributed by atoms with van der Waals surface area (Å²) in [5, 5.41) is 33.4. The van der Waals surface area contributed by atoms with Crippen molar-refractivity contribution < 1.29 is 20.1 Å². The van der Waals surface area contributed by atoms with Crippen molar-refractivity contribution in [3.05, 3.63) is 60.8 Å². The van der Waals surface area contributed by atoms with Crippen LogP contribution in [0.4, 0.5) is 0 Å². The Balaban J connectivity index is 3.62. The van der Waals surface area contributed by atoms with Gasteiger partial charge in [-0.25, -0.2) is 0 Å². The van der Waals surface area contributed by atoms with Crippen LogP contribution in [0.2, 0.25) is 0 Å². The Bertz CT molecular complexity index is 1110. The smallest absolute Gasteiger partial charge is 0.249 e. The summed E-state index contributed by atoms with van der Waals surface area (Å²) in [5.74, 6) is -0.516. The molecule has 5 nitrogen and oxygen atoms in total. The van der Waals surface area contributed by atoms with Gasteiger partial charge in [0.25, 0.3) is 0 Å². The summed E-state index contributed by atoms with van der Waals surface area (Å²) in [5.41, 5.74) is 0. The van der Waals surface area contributed by atoms with E-state index < -0.39 is 24.2 Å². The van der Waals surface area contributed by atoms with Gasteiger partial charge in [-0.2, -0.15) is 0 Å². The van der Waals surface area contributed by atoms with Gasteiger partial charge in [0.15, 0.2) is 0 Å². The summed E-state index contributed by atoms with van der Waals surface area (Å²) in [7, 11) is 0. The van der Waals surface area contributed by atoms with Gasteiger partial charge >= 0.3 is 0 Å².